The molecule has 0 aliphatic carbocycles. The molecule has 0 amide bonds. The molecule has 1 heterocycles. The number of pyridine rings is 1. The fourth-order valence-corrected chi connectivity index (χ4v) is 1.84. The molecule has 5 nitrogen and oxygen atoms in total. The minimum atomic E-state index is -0.424. The van der Waals surface area contributed by atoms with E-state index in [0.717, 1.165) is 12.8 Å². The van der Waals surface area contributed by atoms with Crippen molar-refractivity contribution < 1.29 is 4.92 Å². The number of rotatable bonds is 6. The Morgan fingerprint density at radius 2 is 2.18 bits per heavy atom. The Labute approximate surface area is 109 Å². The number of aromatic nitrogens is 1. The minimum absolute atomic E-state index is 0.00494. The number of hydrogen-bond acceptors (Lipinski definition) is 4. The summed E-state index contributed by atoms with van der Waals surface area (Å²) in [6, 6.07) is 1.46. The Morgan fingerprint density at radius 1 is 1.53 bits per heavy atom. The smallest absolute Gasteiger partial charge is 0.312 e. The van der Waals surface area contributed by atoms with Gasteiger partial charge in [-0.2, -0.15) is 0 Å². The van der Waals surface area contributed by atoms with E-state index in [-0.39, 0.29) is 5.69 Å². The van der Waals surface area contributed by atoms with E-state index in [0.29, 0.717) is 22.8 Å². The lowest BCUT2D eigenvalue weighted by Crippen LogP contribution is -2.14. The van der Waals surface area contributed by atoms with Gasteiger partial charge in [0, 0.05) is 23.3 Å². The van der Waals surface area contributed by atoms with Gasteiger partial charge in [-0.15, -0.1) is 0 Å². The summed E-state index contributed by atoms with van der Waals surface area (Å²) in [6.45, 7) is 4.93. The molecule has 0 atom stereocenters. The van der Waals surface area contributed by atoms with E-state index in [2.05, 4.69) is 40.1 Å². The van der Waals surface area contributed by atoms with Crippen LogP contribution in [-0.2, 0) is 0 Å². The van der Waals surface area contributed by atoms with E-state index in [1.165, 1.54) is 6.07 Å². The van der Waals surface area contributed by atoms with Crippen molar-refractivity contribution in [3.8, 4) is 0 Å². The first-order chi connectivity index (χ1) is 8.08. The van der Waals surface area contributed by atoms with Crippen LogP contribution < -0.4 is 5.32 Å². The maximum Gasteiger partial charge on any atom is 0.312 e. The van der Waals surface area contributed by atoms with Gasteiger partial charge in [-0.25, -0.2) is 4.98 Å². The Hall–Kier alpha value is -1.17. The van der Waals surface area contributed by atoms with Crippen molar-refractivity contribution in [3.05, 3.63) is 26.9 Å². The predicted molar refractivity (Wildman–Crippen MR) is 71.2 cm³/mol. The summed E-state index contributed by atoms with van der Waals surface area (Å²) in [4.78, 5) is 14.5. The van der Waals surface area contributed by atoms with Gasteiger partial charge in [-0.05, 0) is 21.8 Å². The number of halogens is 1. The molecule has 1 rings (SSSR count). The van der Waals surface area contributed by atoms with E-state index < -0.39 is 4.92 Å². The molecule has 0 saturated heterocycles. The van der Waals surface area contributed by atoms with E-state index in [1.54, 1.807) is 6.20 Å². The van der Waals surface area contributed by atoms with Gasteiger partial charge >= 0.3 is 5.69 Å². The third-order valence-electron chi connectivity index (χ3n) is 2.74. The first kappa shape index (κ1) is 13.9. The molecule has 6 heteroatoms. The van der Waals surface area contributed by atoms with Crippen molar-refractivity contribution in [1.29, 1.82) is 0 Å². The van der Waals surface area contributed by atoms with E-state index in [1.807, 2.05) is 0 Å². The zero-order valence-corrected chi connectivity index (χ0v) is 11.5. The highest BCUT2D eigenvalue weighted by atomic mass is 79.9. The SMILES string of the molecule is CCC(CC)CNc1ncc(Br)cc1[N+](=O)[O-]. The standard InChI is InChI=1S/C11H16BrN3O2/c1-3-8(4-2)6-13-11-10(15(16)17)5-9(12)7-14-11/h5,7-8H,3-4,6H2,1-2H3,(H,13,14). The highest BCUT2D eigenvalue weighted by Crippen LogP contribution is 2.25. The summed E-state index contributed by atoms with van der Waals surface area (Å²) in [5.74, 6) is 0.852. The Bertz CT molecular complexity index is 394. The topological polar surface area (TPSA) is 68.1 Å². The molecule has 94 valence electrons. The first-order valence-electron chi connectivity index (χ1n) is 5.62. The molecular formula is C11H16BrN3O2. The second kappa shape index (κ2) is 6.54. The van der Waals surface area contributed by atoms with Crippen LogP contribution >= 0.6 is 15.9 Å². The molecule has 0 aliphatic heterocycles. The molecule has 0 aromatic carbocycles. The van der Waals surface area contributed by atoms with Gasteiger partial charge in [0.1, 0.15) is 0 Å². The Kier molecular flexibility index (Phi) is 5.34. The third-order valence-corrected chi connectivity index (χ3v) is 3.18. The number of hydrogen-bond donors (Lipinski definition) is 1. The quantitative estimate of drug-likeness (QED) is 0.644. The lowest BCUT2D eigenvalue weighted by Gasteiger charge is -2.13. The maximum atomic E-state index is 10.9. The van der Waals surface area contributed by atoms with Crippen LogP contribution in [0.5, 0.6) is 0 Å². The Morgan fingerprint density at radius 3 is 2.71 bits per heavy atom. The molecule has 1 aromatic rings. The molecule has 0 radical (unpaired) electrons. The summed E-state index contributed by atoms with van der Waals surface area (Å²) in [5.41, 5.74) is 0.00494. The van der Waals surface area contributed by atoms with E-state index in [9.17, 15) is 10.1 Å². The monoisotopic (exact) mass is 301 g/mol. The number of anilines is 1. The van der Waals surface area contributed by atoms with Crippen molar-refractivity contribution in [2.24, 2.45) is 5.92 Å². The van der Waals surface area contributed by atoms with Gasteiger partial charge < -0.3 is 5.32 Å². The summed E-state index contributed by atoms with van der Waals surface area (Å²) in [5, 5.41) is 13.9. The molecule has 0 saturated carbocycles. The van der Waals surface area contributed by atoms with Gasteiger partial charge in [-0.1, -0.05) is 26.7 Å². The number of nitrogens with zero attached hydrogens (tertiary/aromatic N) is 2. The van der Waals surface area contributed by atoms with Crippen LogP contribution in [0.2, 0.25) is 0 Å². The molecule has 0 unspecified atom stereocenters. The van der Waals surface area contributed by atoms with Crippen molar-refractivity contribution in [2.75, 3.05) is 11.9 Å². The van der Waals surface area contributed by atoms with Crippen LogP contribution in [0.3, 0.4) is 0 Å². The normalized spacial score (nSPS) is 10.6. The largest absolute Gasteiger partial charge is 0.364 e. The molecule has 0 bridgehead atoms. The molecule has 0 fully saturated rings. The molecule has 0 spiro atoms. The molecule has 0 aliphatic rings. The van der Waals surface area contributed by atoms with Crippen LogP contribution in [0, 0.1) is 16.0 Å². The Balaban J connectivity index is 2.80. The molecule has 1 aromatic heterocycles. The van der Waals surface area contributed by atoms with Crippen LogP contribution in [0.1, 0.15) is 26.7 Å². The second-order valence-corrected chi connectivity index (χ2v) is 4.76. The van der Waals surface area contributed by atoms with Crippen LogP contribution in [0.4, 0.5) is 11.5 Å². The lowest BCUT2D eigenvalue weighted by molar-refractivity contribution is -0.384. The lowest BCUT2D eigenvalue weighted by atomic mass is 10.0. The van der Waals surface area contributed by atoms with Gasteiger partial charge in [0.25, 0.3) is 0 Å². The third kappa shape index (κ3) is 3.96. The fraction of sp³-hybridized carbons (Fsp3) is 0.545. The zero-order valence-electron chi connectivity index (χ0n) is 9.94. The maximum absolute atomic E-state index is 10.9. The summed E-state index contributed by atoms with van der Waals surface area (Å²) < 4.78 is 0.609. The molecular weight excluding hydrogens is 286 g/mol. The van der Waals surface area contributed by atoms with Gasteiger partial charge in [-0.3, -0.25) is 10.1 Å². The first-order valence-corrected chi connectivity index (χ1v) is 6.41. The average Bonchev–Trinajstić information content (AvgIpc) is 2.31. The molecule has 1 N–H and O–H groups in total. The van der Waals surface area contributed by atoms with Crippen LogP contribution in [0.25, 0.3) is 0 Å². The van der Waals surface area contributed by atoms with Crippen molar-refractivity contribution >= 4 is 27.4 Å². The highest BCUT2D eigenvalue weighted by molar-refractivity contribution is 9.10. The van der Waals surface area contributed by atoms with Crippen LogP contribution in [0.15, 0.2) is 16.7 Å². The predicted octanol–water partition coefficient (Wildman–Crippen LogP) is 3.60. The second-order valence-electron chi connectivity index (χ2n) is 3.84. The minimum Gasteiger partial charge on any atom is -0.364 e. The van der Waals surface area contributed by atoms with Gasteiger partial charge in [0.05, 0.1) is 4.92 Å². The van der Waals surface area contributed by atoms with Crippen molar-refractivity contribution in [3.63, 3.8) is 0 Å². The average molecular weight is 302 g/mol. The summed E-state index contributed by atoms with van der Waals surface area (Å²) in [7, 11) is 0. The van der Waals surface area contributed by atoms with Crippen molar-refractivity contribution in [1.82, 2.24) is 4.98 Å². The summed E-state index contributed by atoms with van der Waals surface area (Å²) >= 11 is 3.18. The van der Waals surface area contributed by atoms with Crippen molar-refractivity contribution in [2.45, 2.75) is 26.7 Å². The van der Waals surface area contributed by atoms with Crippen LogP contribution in [-0.4, -0.2) is 16.5 Å². The van der Waals surface area contributed by atoms with Gasteiger partial charge in [0.2, 0.25) is 5.82 Å². The fourth-order valence-electron chi connectivity index (χ4n) is 1.52. The van der Waals surface area contributed by atoms with E-state index in [4.69, 9.17) is 0 Å². The highest BCUT2D eigenvalue weighted by Gasteiger charge is 2.16. The number of nitrogens with one attached hydrogen (secondary N) is 1. The molecule has 17 heavy (non-hydrogen) atoms. The summed E-state index contributed by atoms with van der Waals surface area (Å²) in [6.07, 6.45) is 3.66. The van der Waals surface area contributed by atoms with E-state index >= 15 is 0 Å². The zero-order chi connectivity index (χ0) is 12.8. The van der Waals surface area contributed by atoms with Gasteiger partial charge in [0.15, 0.2) is 0 Å². The number of nitro groups is 1.